The summed E-state index contributed by atoms with van der Waals surface area (Å²) in [7, 11) is 0. The van der Waals surface area contributed by atoms with E-state index in [4.69, 9.17) is 0 Å². The van der Waals surface area contributed by atoms with Gasteiger partial charge >= 0.3 is 0 Å². The topological polar surface area (TPSA) is 49.4 Å². The number of amides is 2. The van der Waals surface area contributed by atoms with Crippen LogP contribution < -0.4 is 10.2 Å². The SMILES string of the molecule is O=C(Nc1ccc(F)c(F)c1)c1cccc(C(=O)N2CCc3ccccc32)c1. The van der Waals surface area contributed by atoms with E-state index in [1.54, 1.807) is 23.1 Å². The molecule has 0 fully saturated rings. The van der Waals surface area contributed by atoms with Crippen molar-refractivity contribution >= 4 is 23.2 Å². The molecule has 1 aliphatic rings. The summed E-state index contributed by atoms with van der Waals surface area (Å²) in [6, 6.07) is 17.2. The molecule has 1 aliphatic heterocycles. The van der Waals surface area contributed by atoms with Gasteiger partial charge in [0.1, 0.15) is 0 Å². The molecule has 1 heterocycles. The molecule has 28 heavy (non-hydrogen) atoms. The second-order valence-corrected chi connectivity index (χ2v) is 6.50. The summed E-state index contributed by atoms with van der Waals surface area (Å²) in [6.45, 7) is 0.587. The number of anilines is 2. The van der Waals surface area contributed by atoms with E-state index in [1.807, 2.05) is 24.3 Å². The maximum Gasteiger partial charge on any atom is 0.258 e. The van der Waals surface area contributed by atoms with Crippen LogP contribution >= 0.6 is 0 Å². The Hall–Kier alpha value is -3.54. The Bertz CT molecular complexity index is 1080. The van der Waals surface area contributed by atoms with Crippen molar-refractivity contribution in [2.24, 2.45) is 0 Å². The number of hydrogen-bond donors (Lipinski definition) is 1. The molecule has 0 radical (unpaired) electrons. The molecule has 140 valence electrons. The summed E-state index contributed by atoms with van der Waals surface area (Å²) >= 11 is 0. The van der Waals surface area contributed by atoms with E-state index in [9.17, 15) is 18.4 Å². The number of carbonyl (C=O) groups excluding carboxylic acids is 2. The minimum absolute atomic E-state index is 0.133. The van der Waals surface area contributed by atoms with E-state index in [1.165, 1.54) is 12.1 Å². The molecule has 0 bridgehead atoms. The molecule has 0 aliphatic carbocycles. The summed E-state index contributed by atoms with van der Waals surface area (Å²) in [5, 5.41) is 2.51. The highest BCUT2D eigenvalue weighted by Gasteiger charge is 2.25. The van der Waals surface area contributed by atoms with Gasteiger partial charge in [-0.25, -0.2) is 8.78 Å². The molecule has 1 N–H and O–H groups in total. The summed E-state index contributed by atoms with van der Waals surface area (Å²) < 4.78 is 26.3. The number of nitrogens with one attached hydrogen (secondary N) is 1. The van der Waals surface area contributed by atoms with Gasteiger partial charge in [0, 0.05) is 35.1 Å². The van der Waals surface area contributed by atoms with Gasteiger partial charge in [-0.2, -0.15) is 0 Å². The van der Waals surface area contributed by atoms with Crippen LogP contribution in [0.15, 0.2) is 66.7 Å². The molecular formula is C22H16F2N2O2. The highest BCUT2D eigenvalue weighted by atomic mass is 19.2. The standard InChI is InChI=1S/C22H16F2N2O2/c23-18-9-8-17(13-19(18)24)25-21(27)15-5-3-6-16(12-15)22(28)26-11-10-14-4-1-2-7-20(14)26/h1-9,12-13H,10-11H2,(H,25,27). The fourth-order valence-electron chi connectivity index (χ4n) is 3.28. The molecule has 0 unspecified atom stereocenters. The van der Waals surface area contributed by atoms with E-state index >= 15 is 0 Å². The van der Waals surface area contributed by atoms with Crippen LogP contribution in [0.4, 0.5) is 20.2 Å². The number of halogens is 2. The summed E-state index contributed by atoms with van der Waals surface area (Å²) in [6.07, 6.45) is 0.790. The highest BCUT2D eigenvalue weighted by molar-refractivity contribution is 6.10. The van der Waals surface area contributed by atoms with Crippen molar-refractivity contribution in [3.63, 3.8) is 0 Å². The van der Waals surface area contributed by atoms with Gasteiger partial charge in [-0.05, 0) is 48.4 Å². The maximum absolute atomic E-state index is 13.3. The van der Waals surface area contributed by atoms with Gasteiger partial charge in [0.25, 0.3) is 11.8 Å². The third-order valence-electron chi connectivity index (χ3n) is 4.68. The van der Waals surface area contributed by atoms with E-state index in [0.717, 1.165) is 29.8 Å². The van der Waals surface area contributed by atoms with Crippen LogP contribution in [-0.4, -0.2) is 18.4 Å². The van der Waals surface area contributed by atoms with Crippen LogP contribution in [0.1, 0.15) is 26.3 Å². The third kappa shape index (κ3) is 3.36. The zero-order valence-electron chi connectivity index (χ0n) is 14.8. The lowest BCUT2D eigenvalue weighted by Crippen LogP contribution is -2.29. The van der Waals surface area contributed by atoms with E-state index in [2.05, 4.69) is 5.32 Å². The van der Waals surface area contributed by atoms with Crippen molar-refractivity contribution in [1.82, 2.24) is 0 Å². The predicted molar refractivity (Wildman–Crippen MR) is 103 cm³/mol. The summed E-state index contributed by atoms with van der Waals surface area (Å²) in [4.78, 5) is 27.1. The monoisotopic (exact) mass is 378 g/mol. The van der Waals surface area contributed by atoms with Crippen LogP contribution in [0.25, 0.3) is 0 Å². The van der Waals surface area contributed by atoms with Crippen molar-refractivity contribution in [3.8, 4) is 0 Å². The van der Waals surface area contributed by atoms with Crippen LogP contribution in [0, 0.1) is 11.6 Å². The fraction of sp³-hybridized carbons (Fsp3) is 0.0909. The molecule has 6 heteroatoms. The van der Waals surface area contributed by atoms with Gasteiger partial charge in [-0.15, -0.1) is 0 Å². The number of nitrogens with zero attached hydrogens (tertiary/aromatic N) is 1. The van der Waals surface area contributed by atoms with Gasteiger partial charge in [0.15, 0.2) is 11.6 Å². The maximum atomic E-state index is 13.3. The minimum Gasteiger partial charge on any atom is -0.322 e. The van der Waals surface area contributed by atoms with E-state index in [0.29, 0.717) is 12.1 Å². The number of rotatable bonds is 3. The van der Waals surface area contributed by atoms with Gasteiger partial charge in [-0.3, -0.25) is 9.59 Å². The Balaban J connectivity index is 1.55. The molecule has 0 atom stereocenters. The first-order chi connectivity index (χ1) is 13.5. The van der Waals surface area contributed by atoms with Crippen molar-refractivity contribution < 1.29 is 18.4 Å². The molecule has 3 aromatic rings. The zero-order chi connectivity index (χ0) is 19.7. The second-order valence-electron chi connectivity index (χ2n) is 6.50. The molecule has 2 amide bonds. The van der Waals surface area contributed by atoms with Crippen molar-refractivity contribution in [2.45, 2.75) is 6.42 Å². The van der Waals surface area contributed by atoms with Crippen LogP contribution in [0.5, 0.6) is 0 Å². The molecule has 0 spiro atoms. The number of carbonyl (C=O) groups is 2. The molecule has 0 saturated heterocycles. The van der Waals surface area contributed by atoms with Crippen LogP contribution in [0.2, 0.25) is 0 Å². The first kappa shape index (κ1) is 17.9. The molecule has 0 aromatic heterocycles. The van der Waals surface area contributed by atoms with Crippen LogP contribution in [-0.2, 0) is 6.42 Å². The third-order valence-corrected chi connectivity index (χ3v) is 4.68. The minimum atomic E-state index is -1.05. The lowest BCUT2D eigenvalue weighted by atomic mass is 10.1. The fourth-order valence-corrected chi connectivity index (χ4v) is 3.28. The van der Waals surface area contributed by atoms with Crippen LogP contribution in [0.3, 0.4) is 0 Å². The molecule has 4 rings (SSSR count). The zero-order valence-corrected chi connectivity index (χ0v) is 14.8. The Morgan fingerprint density at radius 2 is 1.64 bits per heavy atom. The number of para-hydroxylation sites is 1. The smallest absolute Gasteiger partial charge is 0.258 e. The average Bonchev–Trinajstić information content (AvgIpc) is 3.14. The van der Waals surface area contributed by atoms with E-state index < -0.39 is 17.5 Å². The lowest BCUT2D eigenvalue weighted by molar-refractivity contribution is 0.0989. The largest absolute Gasteiger partial charge is 0.322 e. The van der Waals surface area contributed by atoms with Gasteiger partial charge in [-0.1, -0.05) is 24.3 Å². The van der Waals surface area contributed by atoms with Crippen molar-refractivity contribution in [2.75, 3.05) is 16.8 Å². The first-order valence-electron chi connectivity index (χ1n) is 8.79. The molecular weight excluding hydrogens is 362 g/mol. The summed E-state index contributed by atoms with van der Waals surface area (Å²) in [5.74, 6) is -2.74. The Morgan fingerprint density at radius 3 is 2.46 bits per heavy atom. The molecule has 4 nitrogen and oxygen atoms in total. The normalized spacial score (nSPS) is 12.6. The van der Waals surface area contributed by atoms with Gasteiger partial charge < -0.3 is 10.2 Å². The van der Waals surface area contributed by atoms with Gasteiger partial charge in [0.2, 0.25) is 0 Å². The van der Waals surface area contributed by atoms with E-state index in [-0.39, 0.29) is 17.2 Å². The Kier molecular flexibility index (Phi) is 4.61. The lowest BCUT2D eigenvalue weighted by Gasteiger charge is -2.17. The first-order valence-corrected chi connectivity index (χ1v) is 8.79. The average molecular weight is 378 g/mol. The number of fused-ring (bicyclic) bond motifs is 1. The Labute approximate surface area is 160 Å². The quantitative estimate of drug-likeness (QED) is 0.734. The number of benzene rings is 3. The predicted octanol–water partition coefficient (Wildman–Crippen LogP) is 4.42. The summed E-state index contributed by atoms with van der Waals surface area (Å²) in [5.41, 5.74) is 2.76. The van der Waals surface area contributed by atoms with Crippen molar-refractivity contribution in [3.05, 3.63) is 95.1 Å². The Morgan fingerprint density at radius 1 is 0.857 bits per heavy atom. The number of hydrogen-bond acceptors (Lipinski definition) is 2. The van der Waals surface area contributed by atoms with Gasteiger partial charge in [0.05, 0.1) is 0 Å². The molecule has 0 saturated carbocycles. The highest BCUT2D eigenvalue weighted by Crippen LogP contribution is 2.29. The second kappa shape index (κ2) is 7.23. The molecule has 3 aromatic carbocycles. The van der Waals surface area contributed by atoms with Crippen molar-refractivity contribution in [1.29, 1.82) is 0 Å².